The topological polar surface area (TPSA) is 54.5 Å². The summed E-state index contributed by atoms with van der Waals surface area (Å²) < 4.78 is 23.5. The molecule has 4 nitrogen and oxygen atoms in total. The Bertz CT molecular complexity index is 283. The van der Waals surface area contributed by atoms with Gasteiger partial charge in [0.2, 0.25) is 10.0 Å². The normalized spacial score (nSPS) is 26.0. The summed E-state index contributed by atoms with van der Waals surface area (Å²) in [6, 6.07) is -0.403. The van der Waals surface area contributed by atoms with E-state index in [2.05, 4.69) is 0 Å². The van der Waals surface area contributed by atoms with Crippen molar-refractivity contribution in [2.75, 3.05) is 12.8 Å². The van der Waals surface area contributed by atoms with E-state index in [1.807, 2.05) is 0 Å². The molecular weight excluding hydrogens is 178 g/mol. The Morgan fingerprint density at radius 3 is 2.42 bits per heavy atom. The lowest BCUT2D eigenvalue weighted by Gasteiger charge is -2.18. The maximum atomic E-state index is 11.1. The van der Waals surface area contributed by atoms with Crippen LogP contribution in [-0.4, -0.2) is 37.3 Å². The molecule has 0 radical (unpaired) electrons. The van der Waals surface area contributed by atoms with E-state index in [0.717, 1.165) is 12.7 Å². The van der Waals surface area contributed by atoms with Crippen molar-refractivity contribution in [3.05, 3.63) is 0 Å². The first-order valence-electron chi connectivity index (χ1n) is 3.90. The molecule has 0 N–H and O–H groups in total. The summed E-state index contributed by atoms with van der Waals surface area (Å²) in [6.45, 7) is 1.93. The largest absolute Gasteiger partial charge is 0.298 e. The highest BCUT2D eigenvalue weighted by molar-refractivity contribution is 7.88. The molecule has 0 saturated carbocycles. The minimum absolute atomic E-state index is 0.0575. The molecule has 0 amide bonds. The standard InChI is InChI=1S/C7H13NO3S/c1-6(9)7-4-3-5-8(7)12(2,10)11/h7H,3-5H2,1-2H3/t7-/m1/s1. The number of ketones is 1. The number of nitrogens with zero attached hydrogens (tertiary/aromatic N) is 1. The molecule has 0 spiro atoms. The number of sulfonamides is 1. The minimum Gasteiger partial charge on any atom is -0.298 e. The highest BCUT2D eigenvalue weighted by Crippen LogP contribution is 2.20. The predicted octanol–water partition coefficient (Wildman–Crippen LogP) is -0.000600. The second-order valence-electron chi connectivity index (χ2n) is 3.14. The van der Waals surface area contributed by atoms with Gasteiger partial charge in [0.05, 0.1) is 12.3 Å². The molecule has 12 heavy (non-hydrogen) atoms. The van der Waals surface area contributed by atoms with Crippen molar-refractivity contribution in [2.24, 2.45) is 0 Å². The quantitative estimate of drug-likeness (QED) is 0.617. The fourth-order valence-corrected chi connectivity index (χ4v) is 2.72. The van der Waals surface area contributed by atoms with Crippen LogP contribution in [0.25, 0.3) is 0 Å². The number of carbonyl (C=O) groups is 1. The first-order chi connectivity index (χ1) is 5.43. The van der Waals surface area contributed by atoms with Gasteiger partial charge in [-0.3, -0.25) is 4.79 Å². The maximum absolute atomic E-state index is 11.1. The summed E-state index contributed by atoms with van der Waals surface area (Å²) >= 11 is 0. The molecule has 5 heteroatoms. The van der Waals surface area contributed by atoms with Gasteiger partial charge in [-0.15, -0.1) is 0 Å². The van der Waals surface area contributed by atoms with E-state index in [1.54, 1.807) is 0 Å². The van der Waals surface area contributed by atoms with Crippen molar-refractivity contribution in [2.45, 2.75) is 25.8 Å². The predicted molar refractivity (Wildman–Crippen MR) is 45.3 cm³/mol. The molecule has 70 valence electrons. The number of carbonyl (C=O) groups excluding carboxylic acids is 1. The molecule has 0 aliphatic carbocycles. The van der Waals surface area contributed by atoms with Gasteiger partial charge < -0.3 is 0 Å². The zero-order valence-electron chi connectivity index (χ0n) is 7.28. The Balaban J connectivity index is 2.85. The molecule has 1 saturated heterocycles. The van der Waals surface area contributed by atoms with Gasteiger partial charge in [0.15, 0.2) is 0 Å². The third kappa shape index (κ3) is 1.84. The third-order valence-corrected chi connectivity index (χ3v) is 3.39. The Morgan fingerprint density at radius 1 is 1.50 bits per heavy atom. The lowest BCUT2D eigenvalue weighted by Crippen LogP contribution is -2.38. The van der Waals surface area contributed by atoms with Crippen LogP contribution in [0.15, 0.2) is 0 Å². The number of rotatable bonds is 2. The minimum atomic E-state index is -3.18. The second kappa shape index (κ2) is 3.14. The van der Waals surface area contributed by atoms with Crippen LogP contribution >= 0.6 is 0 Å². The fourth-order valence-electron chi connectivity index (χ4n) is 1.54. The summed E-state index contributed by atoms with van der Waals surface area (Å²) in [6.07, 6.45) is 2.61. The van der Waals surface area contributed by atoms with E-state index in [0.29, 0.717) is 13.0 Å². The highest BCUT2D eigenvalue weighted by Gasteiger charge is 2.33. The van der Waals surface area contributed by atoms with Gasteiger partial charge in [-0.1, -0.05) is 0 Å². The van der Waals surface area contributed by atoms with Crippen molar-refractivity contribution < 1.29 is 13.2 Å². The van der Waals surface area contributed by atoms with E-state index in [1.165, 1.54) is 11.2 Å². The summed E-state index contributed by atoms with van der Waals surface area (Å²) in [7, 11) is -3.18. The van der Waals surface area contributed by atoms with Crippen molar-refractivity contribution in [3.63, 3.8) is 0 Å². The van der Waals surface area contributed by atoms with Gasteiger partial charge >= 0.3 is 0 Å². The molecular formula is C7H13NO3S. The van der Waals surface area contributed by atoms with Gasteiger partial charge in [0.25, 0.3) is 0 Å². The molecule has 0 unspecified atom stereocenters. The van der Waals surface area contributed by atoms with Crippen LogP contribution in [0.3, 0.4) is 0 Å². The van der Waals surface area contributed by atoms with Crippen LogP contribution in [0.2, 0.25) is 0 Å². The smallest absolute Gasteiger partial charge is 0.211 e. The van der Waals surface area contributed by atoms with Crippen LogP contribution in [0, 0.1) is 0 Å². The average Bonchev–Trinajstić information content (AvgIpc) is 2.30. The number of hydrogen-bond acceptors (Lipinski definition) is 3. The molecule has 0 aromatic heterocycles. The van der Waals surface area contributed by atoms with E-state index >= 15 is 0 Å². The molecule has 1 aliphatic heterocycles. The van der Waals surface area contributed by atoms with E-state index in [-0.39, 0.29) is 5.78 Å². The lowest BCUT2D eigenvalue weighted by atomic mass is 10.2. The van der Waals surface area contributed by atoms with Crippen LogP contribution in [0.4, 0.5) is 0 Å². The fraction of sp³-hybridized carbons (Fsp3) is 0.857. The summed E-state index contributed by atoms with van der Waals surface area (Å²) in [5.74, 6) is -0.0575. The zero-order chi connectivity index (χ0) is 9.35. The highest BCUT2D eigenvalue weighted by atomic mass is 32.2. The molecule has 0 bridgehead atoms. The van der Waals surface area contributed by atoms with Crippen molar-refractivity contribution in [1.29, 1.82) is 0 Å². The third-order valence-electron chi connectivity index (χ3n) is 2.10. The first kappa shape index (κ1) is 9.67. The van der Waals surface area contributed by atoms with Gasteiger partial charge in [0, 0.05) is 6.54 Å². The Labute approximate surface area is 72.6 Å². The van der Waals surface area contributed by atoms with E-state index < -0.39 is 16.1 Å². The van der Waals surface area contributed by atoms with Crippen LogP contribution < -0.4 is 0 Å². The zero-order valence-corrected chi connectivity index (χ0v) is 8.10. The van der Waals surface area contributed by atoms with Crippen LogP contribution in [0.5, 0.6) is 0 Å². The van der Waals surface area contributed by atoms with Crippen molar-refractivity contribution in [1.82, 2.24) is 4.31 Å². The summed E-state index contributed by atoms with van der Waals surface area (Å²) in [4.78, 5) is 11.0. The van der Waals surface area contributed by atoms with Crippen LogP contribution in [-0.2, 0) is 14.8 Å². The first-order valence-corrected chi connectivity index (χ1v) is 5.75. The van der Waals surface area contributed by atoms with Crippen molar-refractivity contribution >= 4 is 15.8 Å². The molecule has 0 aromatic rings. The maximum Gasteiger partial charge on any atom is 0.211 e. The molecule has 1 aliphatic rings. The van der Waals surface area contributed by atoms with Crippen molar-refractivity contribution in [3.8, 4) is 0 Å². The molecule has 0 aromatic carbocycles. The molecule has 1 fully saturated rings. The number of Topliss-reactive ketones (excluding diaryl/α,β-unsaturated/α-hetero) is 1. The molecule has 1 rings (SSSR count). The van der Waals surface area contributed by atoms with Gasteiger partial charge in [-0.05, 0) is 19.8 Å². The molecule has 1 heterocycles. The second-order valence-corrected chi connectivity index (χ2v) is 5.08. The van der Waals surface area contributed by atoms with E-state index in [9.17, 15) is 13.2 Å². The average molecular weight is 191 g/mol. The monoisotopic (exact) mass is 191 g/mol. The Morgan fingerprint density at radius 2 is 2.08 bits per heavy atom. The van der Waals surface area contributed by atoms with Gasteiger partial charge in [-0.25, -0.2) is 8.42 Å². The SMILES string of the molecule is CC(=O)[C@H]1CCCN1S(C)(=O)=O. The lowest BCUT2D eigenvalue weighted by molar-refractivity contribution is -0.119. The number of hydrogen-bond donors (Lipinski definition) is 0. The van der Waals surface area contributed by atoms with Crippen LogP contribution in [0.1, 0.15) is 19.8 Å². The summed E-state index contributed by atoms with van der Waals surface area (Å²) in [5.41, 5.74) is 0. The van der Waals surface area contributed by atoms with Gasteiger partial charge in [0.1, 0.15) is 5.78 Å². The Kier molecular flexibility index (Phi) is 2.53. The van der Waals surface area contributed by atoms with Gasteiger partial charge in [-0.2, -0.15) is 4.31 Å². The summed E-state index contributed by atoms with van der Waals surface area (Å²) in [5, 5.41) is 0. The molecule has 1 atom stereocenters. The van der Waals surface area contributed by atoms with E-state index in [4.69, 9.17) is 0 Å². The Hall–Kier alpha value is -0.420.